The number of benzene rings is 1. The number of amides is 3. The molecule has 0 saturated carbocycles. The Labute approximate surface area is 235 Å². The first-order valence-corrected chi connectivity index (χ1v) is 13.9. The standard InChI is InChI=1S/C29H42N4O7/c1-4-7-8-10-23(24(5-2)33(38)19-34)28(36)31-18-32-29(37)27-13-12-26(40-27)21-15-20(25(35)11-9-14-30)16-22(17-21)39-6-3/h12-13,15-17,19,23-24,38H,4-11,14,18,30H2,1-3H3,(H,31,36)(H,32,37)/t23-,24-/m1/s1. The van der Waals surface area contributed by atoms with Crippen LogP contribution in [-0.2, 0) is 9.59 Å². The molecule has 40 heavy (non-hydrogen) atoms. The van der Waals surface area contributed by atoms with Crippen molar-refractivity contribution >= 4 is 24.0 Å². The summed E-state index contributed by atoms with van der Waals surface area (Å²) in [4.78, 5) is 49.3. The van der Waals surface area contributed by atoms with Crippen LogP contribution in [0.3, 0.4) is 0 Å². The van der Waals surface area contributed by atoms with Gasteiger partial charge in [-0.1, -0.05) is 33.1 Å². The highest BCUT2D eigenvalue weighted by molar-refractivity contribution is 5.98. The van der Waals surface area contributed by atoms with Crippen LogP contribution in [-0.4, -0.2) is 60.1 Å². The second-order valence-electron chi connectivity index (χ2n) is 9.45. The number of rotatable bonds is 19. The molecular weight excluding hydrogens is 516 g/mol. The Kier molecular flexibility index (Phi) is 13.9. The minimum atomic E-state index is -0.669. The highest BCUT2D eigenvalue weighted by Gasteiger charge is 2.30. The lowest BCUT2D eigenvalue weighted by Gasteiger charge is -2.29. The number of carbonyl (C=O) groups is 4. The quantitative estimate of drug-likeness (QED) is 0.0504. The Hall–Kier alpha value is -3.70. The Bertz CT molecular complexity index is 1120. The lowest BCUT2D eigenvalue weighted by Crippen LogP contribution is -2.47. The number of hydrogen-bond donors (Lipinski definition) is 4. The van der Waals surface area contributed by atoms with Gasteiger partial charge in [0.2, 0.25) is 12.3 Å². The molecule has 2 rings (SSSR count). The lowest BCUT2D eigenvalue weighted by molar-refractivity contribution is -0.168. The number of nitrogens with two attached hydrogens (primary N) is 1. The first-order valence-electron chi connectivity index (χ1n) is 13.9. The SMILES string of the molecule is CCCCC[C@@H](C(=O)NCNC(=O)c1ccc(-c2cc(OCC)cc(C(=O)CCCN)c2)o1)[C@@H](CC)N(O)C=O. The van der Waals surface area contributed by atoms with E-state index in [1.54, 1.807) is 31.2 Å². The zero-order chi connectivity index (χ0) is 29.5. The van der Waals surface area contributed by atoms with Crippen LogP contribution in [0.25, 0.3) is 11.3 Å². The van der Waals surface area contributed by atoms with E-state index in [-0.39, 0.29) is 24.1 Å². The van der Waals surface area contributed by atoms with Crippen molar-refractivity contribution in [3.05, 3.63) is 41.7 Å². The summed E-state index contributed by atoms with van der Waals surface area (Å²) < 4.78 is 11.4. The summed E-state index contributed by atoms with van der Waals surface area (Å²) in [7, 11) is 0. The molecule has 0 aliphatic rings. The van der Waals surface area contributed by atoms with E-state index in [2.05, 4.69) is 10.6 Å². The van der Waals surface area contributed by atoms with Crippen LogP contribution in [0.15, 0.2) is 34.7 Å². The van der Waals surface area contributed by atoms with E-state index in [0.29, 0.717) is 72.9 Å². The molecule has 3 amide bonds. The molecule has 220 valence electrons. The molecule has 0 saturated heterocycles. The zero-order valence-electron chi connectivity index (χ0n) is 23.6. The van der Waals surface area contributed by atoms with Gasteiger partial charge in [0.25, 0.3) is 5.91 Å². The Morgan fingerprint density at radius 3 is 2.52 bits per heavy atom. The van der Waals surface area contributed by atoms with Gasteiger partial charge in [0.1, 0.15) is 11.5 Å². The molecule has 11 heteroatoms. The average molecular weight is 559 g/mol. The number of Topliss-reactive ketones (excluding diaryl/α,β-unsaturated/α-hetero) is 1. The van der Waals surface area contributed by atoms with Crippen molar-refractivity contribution < 1.29 is 33.5 Å². The highest BCUT2D eigenvalue weighted by Crippen LogP contribution is 2.29. The van der Waals surface area contributed by atoms with Crippen molar-refractivity contribution in [2.45, 2.75) is 71.8 Å². The molecule has 1 aromatic carbocycles. The second kappa shape index (κ2) is 17.1. The van der Waals surface area contributed by atoms with Gasteiger partial charge in [-0.05, 0) is 63.1 Å². The third-order valence-electron chi connectivity index (χ3n) is 6.56. The van der Waals surface area contributed by atoms with Crippen LogP contribution in [0.1, 0.15) is 86.6 Å². The van der Waals surface area contributed by atoms with E-state index in [1.807, 2.05) is 13.8 Å². The van der Waals surface area contributed by atoms with Crippen molar-refractivity contribution in [3.63, 3.8) is 0 Å². The van der Waals surface area contributed by atoms with Gasteiger partial charge in [-0.15, -0.1) is 0 Å². The third kappa shape index (κ3) is 9.49. The van der Waals surface area contributed by atoms with Crippen LogP contribution < -0.4 is 21.1 Å². The van der Waals surface area contributed by atoms with Crippen LogP contribution in [0.4, 0.5) is 0 Å². The molecule has 1 heterocycles. The fraction of sp³-hybridized carbons (Fsp3) is 0.517. The Morgan fingerprint density at radius 2 is 1.88 bits per heavy atom. The number of ketones is 1. The van der Waals surface area contributed by atoms with Crippen LogP contribution >= 0.6 is 0 Å². The molecule has 11 nitrogen and oxygen atoms in total. The minimum Gasteiger partial charge on any atom is -0.494 e. The molecule has 5 N–H and O–H groups in total. The molecule has 1 aromatic heterocycles. The monoisotopic (exact) mass is 558 g/mol. The van der Waals surface area contributed by atoms with E-state index in [0.717, 1.165) is 19.3 Å². The fourth-order valence-corrected chi connectivity index (χ4v) is 4.45. The van der Waals surface area contributed by atoms with Gasteiger partial charge >= 0.3 is 0 Å². The first kappa shape index (κ1) is 32.5. The number of carbonyl (C=O) groups excluding carboxylic acids is 4. The van der Waals surface area contributed by atoms with Crippen molar-refractivity contribution in [1.29, 1.82) is 0 Å². The zero-order valence-corrected chi connectivity index (χ0v) is 23.6. The normalized spacial score (nSPS) is 12.3. The summed E-state index contributed by atoms with van der Waals surface area (Å²) in [5.74, 6) is -0.696. The minimum absolute atomic E-state index is 0.0236. The van der Waals surface area contributed by atoms with Gasteiger partial charge in [-0.3, -0.25) is 24.4 Å². The highest BCUT2D eigenvalue weighted by atomic mass is 16.5. The number of ether oxygens (including phenoxy) is 1. The Balaban J connectivity index is 2.09. The number of nitrogens with one attached hydrogen (secondary N) is 2. The summed E-state index contributed by atoms with van der Waals surface area (Å²) >= 11 is 0. The van der Waals surface area contributed by atoms with E-state index in [9.17, 15) is 24.4 Å². The average Bonchev–Trinajstić information content (AvgIpc) is 3.46. The van der Waals surface area contributed by atoms with Gasteiger partial charge in [0.05, 0.1) is 25.2 Å². The van der Waals surface area contributed by atoms with Gasteiger partial charge in [-0.2, -0.15) is 0 Å². The van der Waals surface area contributed by atoms with Gasteiger partial charge in [0, 0.05) is 17.5 Å². The molecule has 0 radical (unpaired) electrons. The maximum atomic E-state index is 12.9. The molecule has 0 fully saturated rings. The summed E-state index contributed by atoms with van der Waals surface area (Å²) in [6, 6.07) is 7.55. The lowest BCUT2D eigenvalue weighted by atomic mass is 9.90. The predicted molar refractivity (Wildman–Crippen MR) is 150 cm³/mol. The van der Waals surface area contributed by atoms with Crippen molar-refractivity contribution in [2.24, 2.45) is 11.7 Å². The first-order chi connectivity index (χ1) is 19.3. The van der Waals surface area contributed by atoms with E-state index in [4.69, 9.17) is 14.9 Å². The van der Waals surface area contributed by atoms with E-state index < -0.39 is 17.9 Å². The maximum absolute atomic E-state index is 12.9. The van der Waals surface area contributed by atoms with Gasteiger partial charge in [0.15, 0.2) is 11.5 Å². The largest absolute Gasteiger partial charge is 0.494 e. The molecule has 2 aromatic rings. The van der Waals surface area contributed by atoms with Gasteiger partial charge in [-0.25, -0.2) is 5.06 Å². The smallest absolute Gasteiger partial charge is 0.288 e. The van der Waals surface area contributed by atoms with Gasteiger partial charge < -0.3 is 25.5 Å². The third-order valence-corrected chi connectivity index (χ3v) is 6.56. The number of hydroxylamine groups is 2. The molecule has 0 bridgehead atoms. The van der Waals surface area contributed by atoms with Crippen LogP contribution in [0.5, 0.6) is 5.75 Å². The van der Waals surface area contributed by atoms with Crippen LogP contribution in [0.2, 0.25) is 0 Å². The number of unbranched alkanes of at least 4 members (excludes halogenated alkanes) is 2. The van der Waals surface area contributed by atoms with E-state index >= 15 is 0 Å². The summed E-state index contributed by atoms with van der Waals surface area (Å²) in [5.41, 5.74) is 6.58. The fourth-order valence-electron chi connectivity index (χ4n) is 4.45. The molecule has 0 aliphatic carbocycles. The topological polar surface area (TPSA) is 164 Å². The number of nitrogens with zero attached hydrogens (tertiary/aromatic N) is 1. The number of furan rings is 1. The van der Waals surface area contributed by atoms with E-state index in [1.165, 1.54) is 6.07 Å². The molecule has 2 atom stereocenters. The molecule has 0 unspecified atom stereocenters. The van der Waals surface area contributed by atoms with Crippen molar-refractivity contribution in [1.82, 2.24) is 15.7 Å². The molecule has 0 aliphatic heterocycles. The van der Waals surface area contributed by atoms with Crippen LogP contribution in [0, 0.1) is 5.92 Å². The second-order valence-corrected chi connectivity index (χ2v) is 9.45. The predicted octanol–water partition coefficient (Wildman–Crippen LogP) is 3.89. The summed E-state index contributed by atoms with van der Waals surface area (Å²) in [6.45, 7) is 6.34. The molecule has 0 spiro atoms. The Morgan fingerprint density at radius 1 is 1.10 bits per heavy atom. The van der Waals surface area contributed by atoms with Crippen molar-refractivity contribution in [3.8, 4) is 17.1 Å². The summed E-state index contributed by atoms with van der Waals surface area (Å²) in [5, 5.41) is 15.8. The number of hydrogen-bond acceptors (Lipinski definition) is 8. The van der Waals surface area contributed by atoms with Crippen molar-refractivity contribution in [2.75, 3.05) is 19.8 Å². The summed E-state index contributed by atoms with van der Waals surface area (Å²) in [6.07, 6.45) is 4.72. The maximum Gasteiger partial charge on any atom is 0.288 e. The molecular formula is C29H42N4O7.